The zero-order valence-corrected chi connectivity index (χ0v) is 9.44. The van der Waals surface area contributed by atoms with E-state index in [1.807, 2.05) is 0 Å². The average molecular weight is 192 g/mol. The molecule has 0 fully saturated rings. The summed E-state index contributed by atoms with van der Waals surface area (Å²) in [5, 5.41) is 0. The first kappa shape index (κ1) is 22.9. The Balaban J connectivity index is -0.0000000501. The van der Waals surface area contributed by atoms with Crippen LogP contribution in [0.3, 0.4) is 0 Å². The van der Waals surface area contributed by atoms with E-state index < -0.39 is 0 Å². The highest BCUT2D eigenvalue weighted by atomic mass is 16.5. The van der Waals surface area contributed by atoms with E-state index in [0.29, 0.717) is 6.61 Å². The van der Waals surface area contributed by atoms with Crippen molar-refractivity contribution in [3.8, 4) is 0 Å². The van der Waals surface area contributed by atoms with Crippen molar-refractivity contribution >= 4 is 5.97 Å². The van der Waals surface area contributed by atoms with Crippen LogP contribution in [0.2, 0.25) is 0 Å². The third kappa shape index (κ3) is 169. The normalized spacial score (nSPS) is 6.31. The van der Waals surface area contributed by atoms with Gasteiger partial charge in [0, 0.05) is 6.92 Å². The molecule has 0 heterocycles. The molecule has 0 N–H and O–H groups in total. The minimum atomic E-state index is -0.211. The minimum absolute atomic E-state index is 0. The number of hydrogen-bond donors (Lipinski definition) is 0. The number of hydrogen-bond acceptors (Lipinski definition) is 2. The second-order valence-corrected chi connectivity index (χ2v) is 2.34. The van der Waals surface area contributed by atoms with Gasteiger partial charge in [-0.15, -0.1) is 0 Å². The molecule has 2 heteroatoms. The van der Waals surface area contributed by atoms with Crippen LogP contribution in [0.15, 0.2) is 0 Å². The SMILES string of the molecule is C.CCC.CCC.CCOC(C)=O. The molecule has 0 amide bonds. The van der Waals surface area contributed by atoms with Crippen LogP contribution < -0.4 is 0 Å². The van der Waals surface area contributed by atoms with Crippen molar-refractivity contribution in [2.24, 2.45) is 0 Å². The van der Waals surface area contributed by atoms with E-state index >= 15 is 0 Å². The van der Waals surface area contributed by atoms with Crippen LogP contribution in [0, 0.1) is 0 Å². The minimum Gasteiger partial charge on any atom is -0.466 e. The van der Waals surface area contributed by atoms with Crippen LogP contribution in [0.5, 0.6) is 0 Å². The Morgan fingerprint density at radius 1 is 1.00 bits per heavy atom. The lowest BCUT2D eigenvalue weighted by Crippen LogP contribution is -1.95. The van der Waals surface area contributed by atoms with E-state index in [4.69, 9.17) is 0 Å². The molecule has 0 atom stereocenters. The lowest BCUT2D eigenvalue weighted by atomic mass is 10.6. The predicted molar refractivity (Wildman–Crippen MR) is 61.0 cm³/mol. The predicted octanol–water partition coefficient (Wildman–Crippen LogP) is 4.04. The fraction of sp³-hybridized carbons (Fsp3) is 0.909. The summed E-state index contributed by atoms with van der Waals surface area (Å²) < 4.78 is 4.40. The molecule has 0 saturated heterocycles. The Kier molecular flexibility index (Phi) is 52.8. The average Bonchev–Trinajstić information content (AvgIpc) is 1.89. The van der Waals surface area contributed by atoms with Crippen molar-refractivity contribution in [2.45, 2.75) is 61.8 Å². The molecule has 0 aromatic carbocycles. The lowest BCUT2D eigenvalue weighted by Gasteiger charge is -1.89. The molecular weight excluding hydrogens is 164 g/mol. The van der Waals surface area contributed by atoms with Gasteiger partial charge >= 0.3 is 5.97 Å². The van der Waals surface area contributed by atoms with Crippen molar-refractivity contribution in [3.63, 3.8) is 0 Å². The Hall–Kier alpha value is -0.530. The molecule has 0 aliphatic carbocycles. The first-order valence-electron chi connectivity index (χ1n) is 4.73. The molecule has 0 saturated carbocycles. The summed E-state index contributed by atoms with van der Waals surface area (Å²) >= 11 is 0. The van der Waals surface area contributed by atoms with Gasteiger partial charge in [0.25, 0.3) is 0 Å². The summed E-state index contributed by atoms with van der Waals surface area (Å²) in [4.78, 5) is 9.82. The van der Waals surface area contributed by atoms with Gasteiger partial charge in [0.05, 0.1) is 6.61 Å². The maximum Gasteiger partial charge on any atom is 0.302 e. The number of carbonyl (C=O) groups excluding carboxylic acids is 1. The van der Waals surface area contributed by atoms with E-state index in [-0.39, 0.29) is 13.4 Å². The molecule has 0 spiro atoms. The summed E-state index contributed by atoms with van der Waals surface area (Å²) in [6, 6.07) is 0. The Bertz CT molecular complexity index is 68.5. The smallest absolute Gasteiger partial charge is 0.302 e. The highest BCUT2D eigenvalue weighted by molar-refractivity contribution is 5.65. The van der Waals surface area contributed by atoms with Gasteiger partial charge in [-0.05, 0) is 6.92 Å². The Morgan fingerprint density at radius 2 is 1.23 bits per heavy atom. The highest BCUT2D eigenvalue weighted by Crippen LogP contribution is 1.69. The lowest BCUT2D eigenvalue weighted by molar-refractivity contribution is -0.140. The second kappa shape index (κ2) is 30.0. The van der Waals surface area contributed by atoms with Crippen LogP contribution in [-0.4, -0.2) is 12.6 Å². The molecule has 84 valence electrons. The van der Waals surface area contributed by atoms with E-state index in [0.717, 1.165) is 0 Å². The van der Waals surface area contributed by atoms with Crippen LogP contribution >= 0.6 is 0 Å². The molecule has 0 aliphatic heterocycles. The topological polar surface area (TPSA) is 26.3 Å². The molecule has 13 heavy (non-hydrogen) atoms. The van der Waals surface area contributed by atoms with Crippen LogP contribution in [0.4, 0.5) is 0 Å². The Morgan fingerprint density at radius 3 is 1.23 bits per heavy atom. The summed E-state index contributed by atoms with van der Waals surface area (Å²) in [5.41, 5.74) is 0. The van der Waals surface area contributed by atoms with Gasteiger partial charge in [-0.1, -0.05) is 48.0 Å². The van der Waals surface area contributed by atoms with Gasteiger partial charge in [0.1, 0.15) is 0 Å². The maximum absolute atomic E-state index is 9.82. The summed E-state index contributed by atoms with van der Waals surface area (Å²) in [7, 11) is 0. The fourth-order valence-electron chi connectivity index (χ4n) is 0.203. The summed E-state index contributed by atoms with van der Waals surface area (Å²) in [6.07, 6.45) is 2.50. The quantitative estimate of drug-likeness (QED) is 0.586. The molecule has 2 nitrogen and oxygen atoms in total. The second-order valence-electron chi connectivity index (χ2n) is 2.34. The highest BCUT2D eigenvalue weighted by Gasteiger charge is 1.81. The first-order valence-corrected chi connectivity index (χ1v) is 4.73. The van der Waals surface area contributed by atoms with Gasteiger partial charge in [-0.3, -0.25) is 4.79 Å². The van der Waals surface area contributed by atoms with Crippen molar-refractivity contribution in [3.05, 3.63) is 0 Å². The van der Waals surface area contributed by atoms with Gasteiger partial charge in [-0.2, -0.15) is 0 Å². The van der Waals surface area contributed by atoms with Crippen molar-refractivity contribution in [2.75, 3.05) is 6.61 Å². The molecule has 0 aliphatic rings. The van der Waals surface area contributed by atoms with Crippen molar-refractivity contribution in [1.82, 2.24) is 0 Å². The molecule has 0 unspecified atom stereocenters. The van der Waals surface area contributed by atoms with E-state index in [2.05, 4.69) is 32.4 Å². The molecule has 0 radical (unpaired) electrons. The largest absolute Gasteiger partial charge is 0.466 e. The number of rotatable bonds is 1. The standard InChI is InChI=1S/C4H8O2.2C3H8.CH4/c1-3-6-4(2)5;2*1-3-2;/h3H2,1-2H3;2*3H2,1-2H3;1H4. The van der Waals surface area contributed by atoms with Gasteiger partial charge in [-0.25, -0.2) is 0 Å². The van der Waals surface area contributed by atoms with E-state index in [1.165, 1.54) is 19.8 Å². The van der Waals surface area contributed by atoms with E-state index in [1.54, 1.807) is 6.92 Å². The zero-order chi connectivity index (χ0) is 10.4. The third-order valence-electron chi connectivity index (χ3n) is 0.348. The summed E-state index contributed by atoms with van der Waals surface area (Å²) in [6.45, 7) is 12.2. The molecular formula is C11H28O2. The van der Waals surface area contributed by atoms with Gasteiger partial charge in [0.2, 0.25) is 0 Å². The van der Waals surface area contributed by atoms with Crippen LogP contribution in [-0.2, 0) is 9.53 Å². The van der Waals surface area contributed by atoms with Gasteiger partial charge in [0.15, 0.2) is 0 Å². The van der Waals surface area contributed by atoms with Crippen LogP contribution in [0.1, 0.15) is 61.8 Å². The van der Waals surface area contributed by atoms with Gasteiger partial charge < -0.3 is 4.74 Å². The zero-order valence-electron chi connectivity index (χ0n) is 9.44. The number of ether oxygens (including phenoxy) is 1. The summed E-state index contributed by atoms with van der Waals surface area (Å²) in [5.74, 6) is -0.211. The molecule has 0 aromatic heterocycles. The fourth-order valence-corrected chi connectivity index (χ4v) is 0.203. The van der Waals surface area contributed by atoms with Crippen molar-refractivity contribution < 1.29 is 9.53 Å². The monoisotopic (exact) mass is 192 g/mol. The molecule has 0 bridgehead atoms. The molecule has 0 rings (SSSR count). The molecule has 0 aromatic rings. The first-order chi connectivity index (χ1) is 5.60. The third-order valence-corrected chi connectivity index (χ3v) is 0.348. The van der Waals surface area contributed by atoms with Crippen LogP contribution in [0.25, 0.3) is 0 Å². The number of carbonyl (C=O) groups is 1. The maximum atomic E-state index is 9.82. The van der Waals surface area contributed by atoms with Crippen molar-refractivity contribution in [1.29, 1.82) is 0 Å². The Labute approximate surface area is 84.7 Å². The van der Waals surface area contributed by atoms with E-state index in [9.17, 15) is 4.79 Å². The number of esters is 1.